The number of benzene rings is 2. The van der Waals surface area contributed by atoms with Crippen molar-refractivity contribution in [2.75, 3.05) is 11.9 Å². The fraction of sp³-hybridized carbons (Fsp3) is 0.200. The Morgan fingerprint density at radius 2 is 1.80 bits per heavy atom. The molecule has 0 atom stereocenters. The smallest absolute Gasteiger partial charge is 0.335 e. The monoisotopic (exact) mass is 472 g/mol. The van der Waals surface area contributed by atoms with E-state index in [1.54, 1.807) is 23.7 Å². The first-order valence-corrected chi connectivity index (χ1v) is 11.1. The van der Waals surface area contributed by atoms with E-state index in [0.29, 0.717) is 18.0 Å². The number of aromatic nitrogens is 5. The molecule has 0 bridgehead atoms. The molecule has 0 radical (unpaired) electrons. The third-order valence-corrected chi connectivity index (χ3v) is 6.24. The summed E-state index contributed by atoms with van der Waals surface area (Å²) in [4.78, 5) is 44.6. The number of rotatable bonds is 7. The molecule has 0 aliphatic rings. The van der Waals surface area contributed by atoms with Crippen molar-refractivity contribution in [3.8, 4) is 0 Å². The SMILES string of the molecule is Cn1c(=O)c2c(nc(NCCc3c[nH]c4ccccc34)n2Cc2ccc(C(=O)O)cc2)n(C)c1=O. The summed E-state index contributed by atoms with van der Waals surface area (Å²) in [5, 5.41) is 13.7. The maximum Gasteiger partial charge on any atom is 0.335 e. The van der Waals surface area contributed by atoms with Crippen molar-refractivity contribution >= 4 is 34.0 Å². The van der Waals surface area contributed by atoms with Gasteiger partial charge in [-0.25, -0.2) is 9.59 Å². The number of imidazole rings is 1. The van der Waals surface area contributed by atoms with Crippen molar-refractivity contribution in [3.05, 3.63) is 92.3 Å². The lowest BCUT2D eigenvalue weighted by Crippen LogP contribution is -2.37. The van der Waals surface area contributed by atoms with E-state index in [0.717, 1.165) is 33.0 Å². The molecule has 5 aromatic rings. The number of carboxylic acids is 1. The molecule has 0 aliphatic carbocycles. The Morgan fingerprint density at radius 3 is 2.54 bits per heavy atom. The molecule has 0 saturated heterocycles. The highest BCUT2D eigenvalue weighted by atomic mass is 16.4. The Hall–Kier alpha value is -4.60. The Morgan fingerprint density at radius 1 is 1.06 bits per heavy atom. The fourth-order valence-corrected chi connectivity index (χ4v) is 4.32. The predicted molar refractivity (Wildman–Crippen MR) is 133 cm³/mol. The average molecular weight is 473 g/mol. The summed E-state index contributed by atoms with van der Waals surface area (Å²) in [5.41, 5.74) is 2.89. The molecular formula is C25H24N6O4. The van der Waals surface area contributed by atoms with Gasteiger partial charge >= 0.3 is 11.7 Å². The van der Waals surface area contributed by atoms with Gasteiger partial charge in [-0.1, -0.05) is 30.3 Å². The largest absolute Gasteiger partial charge is 0.478 e. The molecule has 0 saturated carbocycles. The zero-order chi connectivity index (χ0) is 24.7. The predicted octanol–water partition coefficient (Wildman–Crippen LogP) is 2.32. The van der Waals surface area contributed by atoms with Gasteiger partial charge in [0.05, 0.1) is 12.1 Å². The Balaban J connectivity index is 1.52. The molecule has 0 amide bonds. The molecule has 3 heterocycles. The number of anilines is 1. The summed E-state index contributed by atoms with van der Waals surface area (Å²) in [6.45, 7) is 0.830. The first-order chi connectivity index (χ1) is 16.8. The molecular weight excluding hydrogens is 448 g/mol. The van der Waals surface area contributed by atoms with Crippen molar-refractivity contribution < 1.29 is 9.90 Å². The van der Waals surface area contributed by atoms with E-state index in [4.69, 9.17) is 0 Å². The van der Waals surface area contributed by atoms with Crippen LogP contribution in [0.15, 0.2) is 64.3 Å². The van der Waals surface area contributed by atoms with E-state index >= 15 is 0 Å². The maximum atomic E-state index is 13.1. The quantitative estimate of drug-likeness (QED) is 0.334. The number of aryl methyl sites for hydroxylation is 1. The second-order valence-electron chi connectivity index (χ2n) is 8.44. The summed E-state index contributed by atoms with van der Waals surface area (Å²) in [6, 6.07) is 14.5. The van der Waals surface area contributed by atoms with Gasteiger partial charge in [0.2, 0.25) is 5.95 Å². The minimum atomic E-state index is -1.01. The lowest BCUT2D eigenvalue weighted by molar-refractivity contribution is 0.0697. The van der Waals surface area contributed by atoms with Crippen molar-refractivity contribution in [2.45, 2.75) is 13.0 Å². The van der Waals surface area contributed by atoms with Crippen molar-refractivity contribution in [3.63, 3.8) is 0 Å². The first kappa shape index (κ1) is 22.2. The third kappa shape index (κ3) is 3.88. The van der Waals surface area contributed by atoms with Crippen molar-refractivity contribution in [1.82, 2.24) is 23.7 Å². The van der Waals surface area contributed by atoms with Gasteiger partial charge in [-0.15, -0.1) is 0 Å². The van der Waals surface area contributed by atoms with Crippen molar-refractivity contribution in [1.29, 1.82) is 0 Å². The van der Waals surface area contributed by atoms with E-state index in [1.165, 1.54) is 23.7 Å². The molecule has 0 spiro atoms. The average Bonchev–Trinajstić information content (AvgIpc) is 3.44. The van der Waals surface area contributed by atoms with Gasteiger partial charge in [-0.2, -0.15) is 4.98 Å². The minimum absolute atomic E-state index is 0.180. The standard InChI is InChI=1S/C25H24N6O4/c1-29-21-20(22(32)30(2)25(29)35)31(14-15-7-9-16(10-8-15)23(33)34)24(28-21)26-12-11-17-13-27-19-6-4-3-5-18(17)19/h3-10,13,27H,11-12,14H2,1-2H3,(H,26,28)(H,33,34). The van der Waals surface area contributed by atoms with Gasteiger partial charge in [0.25, 0.3) is 5.56 Å². The van der Waals surface area contributed by atoms with Crippen molar-refractivity contribution in [2.24, 2.45) is 14.1 Å². The molecule has 10 heteroatoms. The summed E-state index contributed by atoms with van der Waals surface area (Å²) >= 11 is 0. The number of hydrogen-bond donors (Lipinski definition) is 3. The second-order valence-corrected chi connectivity index (χ2v) is 8.44. The van der Waals surface area contributed by atoms with Gasteiger partial charge in [0.1, 0.15) is 0 Å². The molecule has 3 aromatic heterocycles. The van der Waals surface area contributed by atoms with Gasteiger partial charge in [-0.3, -0.25) is 18.5 Å². The van der Waals surface area contributed by atoms with Crippen LogP contribution in [-0.4, -0.2) is 41.3 Å². The van der Waals surface area contributed by atoms with Crippen LogP contribution in [0.2, 0.25) is 0 Å². The van der Waals surface area contributed by atoms with Crippen LogP contribution in [0.3, 0.4) is 0 Å². The minimum Gasteiger partial charge on any atom is -0.478 e. The van der Waals surface area contributed by atoms with Gasteiger partial charge in [0, 0.05) is 37.7 Å². The number of fused-ring (bicyclic) bond motifs is 2. The molecule has 3 N–H and O–H groups in total. The number of carboxylic acid groups (broad SMARTS) is 1. The summed E-state index contributed by atoms with van der Waals surface area (Å²) in [6.07, 6.45) is 2.70. The lowest BCUT2D eigenvalue weighted by atomic mass is 10.1. The molecule has 0 fully saturated rings. The number of aromatic carboxylic acids is 1. The summed E-state index contributed by atoms with van der Waals surface area (Å²) in [5.74, 6) is -0.548. The summed E-state index contributed by atoms with van der Waals surface area (Å²) in [7, 11) is 3.02. The van der Waals surface area contributed by atoms with Crippen LogP contribution in [0.5, 0.6) is 0 Å². The summed E-state index contributed by atoms with van der Waals surface area (Å²) < 4.78 is 4.15. The highest BCUT2D eigenvalue weighted by Gasteiger charge is 2.19. The number of aromatic amines is 1. The molecule has 5 rings (SSSR count). The van der Waals surface area contributed by atoms with E-state index in [9.17, 15) is 19.5 Å². The number of H-pyrrole nitrogens is 1. The van der Waals surface area contributed by atoms with Crippen LogP contribution in [0.4, 0.5) is 5.95 Å². The Kier molecular flexibility index (Phi) is 5.48. The number of carbonyl (C=O) groups is 1. The Labute approximate surface area is 199 Å². The third-order valence-electron chi connectivity index (χ3n) is 6.24. The first-order valence-electron chi connectivity index (χ1n) is 11.1. The van der Waals surface area contributed by atoms with Gasteiger partial charge < -0.3 is 15.4 Å². The van der Waals surface area contributed by atoms with Crippen LogP contribution in [0.1, 0.15) is 21.5 Å². The topological polar surface area (TPSA) is 127 Å². The molecule has 0 aliphatic heterocycles. The van der Waals surface area contributed by atoms with Gasteiger partial charge in [0.15, 0.2) is 11.2 Å². The highest BCUT2D eigenvalue weighted by Crippen LogP contribution is 2.20. The molecule has 0 unspecified atom stereocenters. The lowest BCUT2D eigenvalue weighted by Gasteiger charge is -2.11. The van der Waals surface area contributed by atoms with Crippen LogP contribution >= 0.6 is 0 Å². The molecule has 35 heavy (non-hydrogen) atoms. The number of nitrogens with one attached hydrogen (secondary N) is 2. The van der Waals surface area contributed by atoms with Crippen LogP contribution in [-0.2, 0) is 27.1 Å². The normalized spacial score (nSPS) is 11.4. The molecule has 178 valence electrons. The molecule has 10 nitrogen and oxygen atoms in total. The number of nitrogens with zero attached hydrogens (tertiary/aromatic N) is 4. The van der Waals surface area contributed by atoms with E-state index in [2.05, 4.69) is 21.4 Å². The zero-order valence-corrected chi connectivity index (χ0v) is 19.3. The second kappa shape index (κ2) is 8.64. The van der Waals surface area contributed by atoms with E-state index < -0.39 is 17.2 Å². The highest BCUT2D eigenvalue weighted by molar-refractivity contribution is 5.87. The van der Waals surface area contributed by atoms with E-state index in [1.807, 2.05) is 24.4 Å². The number of para-hydroxylation sites is 1. The van der Waals surface area contributed by atoms with E-state index in [-0.39, 0.29) is 17.8 Å². The maximum absolute atomic E-state index is 13.1. The van der Waals surface area contributed by atoms with Gasteiger partial charge in [-0.05, 0) is 35.7 Å². The van der Waals surface area contributed by atoms with Crippen LogP contribution in [0, 0.1) is 0 Å². The number of hydrogen-bond acceptors (Lipinski definition) is 5. The van der Waals surface area contributed by atoms with Crippen LogP contribution in [0.25, 0.3) is 22.1 Å². The van der Waals surface area contributed by atoms with Crippen LogP contribution < -0.4 is 16.6 Å². The zero-order valence-electron chi connectivity index (χ0n) is 19.3. The fourth-order valence-electron chi connectivity index (χ4n) is 4.32. The Bertz CT molecular complexity index is 1690. The molecule has 2 aromatic carbocycles.